The van der Waals surface area contributed by atoms with Crippen LogP contribution < -0.4 is 10.2 Å². The van der Waals surface area contributed by atoms with Crippen molar-refractivity contribution in [2.45, 2.75) is 60.3 Å². The quantitative estimate of drug-likeness (QED) is 0.233. The molecule has 2 amide bonds. The smallest absolute Gasteiger partial charge is 0.404 e. The van der Waals surface area contributed by atoms with Crippen molar-refractivity contribution in [3.8, 4) is 0 Å². The van der Waals surface area contributed by atoms with Crippen LogP contribution in [0, 0.1) is 23.6 Å². The summed E-state index contributed by atoms with van der Waals surface area (Å²) in [6.07, 6.45) is 10.0. The Balaban J connectivity index is 0.955. The maximum atomic E-state index is 15.0. The van der Waals surface area contributed by atoms with Crippen molar-refractivity contribution in [2.24, 2.45) is 17.8 Å². The highest BCUT2D eigenvalue weighted by Gasteiger charge is 2.52. The number of hydrogen-bond acceptors (Lipinski definition) is 9. The van der Waals surface area contributed by atoms with E-state index in [0.717, 1.165) is 76.1 Å². The Labute approximate surface area is 323 Å². The average Bonchev–Trinajstić information content (AvgIpc) is 3.80. The van der Waals surface area contributed by atoms with E-state index in [1.54, 1.807) is 41.4 Å². The van der Waals surface area contributed by atoms with Gasteiger partial charge < -0.3 is 30.0 Å². The van der Waals surface area contributed by atoms with E-state index in [-0.39, 0.29) is 47.6 Å². The van der Waals surface area contributed by atoms with E-state index < -0.39 is 26.6 Å². The van der Waals surface area contributed by atoms with Gasteiger partial charge in [0, 0.05) is 74.6 Å². The third-order valence-corrected chi connectivity index (χ3v) is 14.5. The van der Waals surface area contributed by atoms with Gasteiger partial charge >= 0.3 is 6.09 Å². The molecule has 0 spiro atoms. The number of carboxylic acid groups (broad SMARTS) is 1. The number of piperidine rings is 1. The van der Waals surface area contributed by atoms with E-state index in [1.807, 2.05) is 48.1 Å². The van der Waals surface area contributed by atoms with E-state index in [4.69, 9.17) is 0 Å². The van der Waals surface area contributed by atoms with Crippen LogP contribution in [0.2, 0.25) is 0 Å². The van der Waals surface area contributed by atoms with Crippen molar-refractivity contribution in [1.82, 2.24) is 35.0 Å². The molecule has 0 radical (unpaired) electrons. The molecule has 3 aliphatic heterocycles. The Morgan fingerprint density at radius 2 is 1.78 bits per heavy atom. The predicted molar refractivity (Wildman–Crippen MR) is 207 cm³/mol. The highest BCUT2D eigenvalue weighted by molar-refractivity contribution is 7.92. The molecular weight excluding hydrogens is 724 g/mol. The van der Waals surface area contributed by atoms with Crippen LogP contribution in [-0.2, 0) is 26.6 Å². The third-order valence-electron chi connectivity index (χ3n) is 12.4. The normalized spacial score (nSPS) is 22.8. The lowest BCUT2D eigenvalue weighted by molar-refractivity contribution is -0.129. The summed E-state index contributed by atoms with van der Waals surface area (Å²) < 4.78 is 43.3. The Bertz CT molecular complexity index is 1920. The van der Waals surface area contributed by atoms with Gasteiger partial charge in [0.2, 0.25) is 5.91 Å². The van der Waals surface area contributed by atoms with Crippen LogP contribution in [0.1, 0.15) is 37.7 Å². The number of nitrogens with zero attached hydrogens (tertiary/aromatic N) is 7. The monoisotopic (exact) mass is 776 g/mol. The molecule has 1 aromatic heterocycles. The van der Waals surface area contributed by atoms with Crippen LogP contribution in [0.15, 0.2) is 78.0 Å². The molecule has 1 aliphatic carbocycles. The standard InChI is InChI=1S/C40H53FN8O5S/c1-45(2)18-5-10-38(50)48-26-35(27-48)55(53,54)34-13-11-33(12-14-34)47-24-29(25-47)23-46-19-15-30(16-20-46)40(28-49-21-17-42-44-49,31-6-3-7-32(41)22-31)36-8-4-9-37(36)43-39(51)52/h3,5-7,10-14,17,21-22,29-30,35-37,43H,4,8-9,15-16,18-20,23-28H2,1-2H3,(H,51,52)/b10-5+/t36-,37-,40?/m0/s1. The largest absolute Gasteiger partial charge is 0.465 e. The van der Waals surface area contributed by atoms with E-state index >= 15 is 0 Å². The number of sulfone groups is 1. The molecule has 1 saturated carbocycles. The van der Waals surface area contributed by atoms with Crippen molar-refractivity contribution < 1.29 is 27.5 Å². The molecule has 296 valence electrons. The number of carbonyl (C=O) groups excluding carboxylic acids is 1. The maximum Gasteiger partial charge on any atom is 0.404 e. The molecule has 3 atom stereocenters. The number of carbonyl (C=O) groups is 2. The summed E-state index contributed by atoms with van der Waals surface area (Å²) in [5.41, 5.74) is 1.35. The second kappa shape index (κ2) is 16.4. The number of rotatable bonds is 14. The van der Waals surface area contributed by atoms with Crippen LogP contribution in [0.5, 0.6) is 0 Å². The van der Waals surface area contributed by atoms with Crippen molar-refractivity contribution in [1.29, 1.82) is 0 Å². The van der Waals surface area contributed by atoms with Gasteiger partial charge in [0.1, 0.15) is 11.1 Å². The molecule has 13 nitrogen and oxygen atoms in total. The molecule has 4 fully saturated rings. The highest BCUT2D eigenvalue weighted by atomic mass is 32.2. The zero-order valence-electron chi connectivity index (χ0n) is 31.7. The second-order valence-corrected chi connectivity index (χ2v) is 18.4. The first-order valence-electron chi connectivity index (χ1n) is 19.4. The number of hydrogen-bond donors (Lipinski definition) is 2. The van der Waals surface area contributed by atoms with Gasteiger partial charge in [-0.05, 0) is 107 Å². The minimum Gasteiger partial charge on any atom is -0.465 e. The van der Waals surface area contributed by atoms with E-state index in [2.05, 4.69) is 25.4 Å². The number of likely N-dealkylation sites (tertiary alicyclic amines) is 2. The molecule has 1 unspecified atom stereocenters. The van der Waals surface area contributed by atoms with E-state index in [0.29, 0.717) is 19.0 Å². The van der Waals surface area contributed by atoms with Crippen LogP contribution in [0.3, 0.4) is 0 Å². The van der Waals surface area contributed by atoms with Gasteiger partial charge in [-0.3, -0.25) is 9.48 Å². The molecule has 2 N–H and O–H groups in total. The Morgan fingerprint density at radius 1 is 1.04 bits per heavy atom. The first kappa shape index (κ1) is 38.9. The molecule has 3 aromatic rings. The van der Waals surface area contributed by atoms with Crippen LogP contribution in [-0.4, -0.2) is 133 Å². The Hall–Kier alpha value is -4.34. The summed E-state index contributed by atoms with van der Waals surface area (Å²) in [5.74, 6) is 0.172. The summed E-state index contributed by atoms with van der Waals surface area (Å²) in [4.78, 5) is 32.9. The summed E-state index contributed by atoms with van der Waals surface area (Å²) in [5, 5.41) is 20.4. The lowest BCUT2D eigenvalue weighted by Gasteiger charge is -2.51. The Morgan fingerprint density at radius 3 is 2.44 bits per heavy atom. The number of aromatic nitrogens is 3. The fraction of sp³-hybridized carbons (Fsp3) is 0.550. The van der Waals surface area contributed by atoms with Crippen LogP contribution in [0.25, 0.3) is 0 Å². The molecule has 0 bridgehead atoms. The molecule has 55 heavy (non-hydrogen) atoms. The summed E-state index contributed by atoms with van der Waals surface area (Å²) in [6.45, 7) is 6.07. The SMILES string of the molecule is CN(C)C/C=C/C(=O)N1CC(S(=O)(=O)c2ccc(N3CC(CN4CCC(C(Cn5ccnn5)(c5cccc(F)c5)[C@H]5CCC[C@@H]5NC(=O)O)CC4)C3)cc2)C1. The Kier molecular flexibility index (Phi) is 11.6. The van der Waals surface area contributed by atoms with Crippen molar-refractivity contribution in [3.05, 3.63) is 84.5 Å². The minimum atomic E-state index is -3.54. The molecule has 2 aromatic carbocycles. The number of amides is 2. The van der Waals surface area contributed by atoms with Crippen LogP contribution >= 0.6 is 0 Å². The summed E-state index contributed by atoms with van der Waals surface area (Å²) >= 11 is 0. The third kappa shape index (κ3) is 8.43. The fourth-order valence-corrected chi connectivity index (χ4v) is 11.2. The van der Waals surface area contributed by atoms with Gasteiger partial charge in [0.05, 0.1) is 17.6 Å². The molecular formula is C40H53FN8O5S. The minimum absolute atomic E-state index is 0.0270. The van der Waals surface area contributed by atoms with Gasteiger partial charge in [-0.15, -0.1) is 5.10 Å². The van der Waals surface area contributed by atoms with Gasteiger partial charge in [0.25, 0.3) is 0 Å². The van der Waals surface area contributed by atoms with Gasteiger partial charge in [-0.25, -0.2) is 17.6 Å². The predicted octanol–water partition coefficient (Wildman–Crippen LogP) is 3.74. The number of halogens is 1. The van der Waals surface area contributed by atoms with E-state index in [1.165, 1.54) is 12.1 Å². The van der Waals surface area contributed by atoms with Crippen LogP contribution in [0.4, 0.5) is 14.9 Å². The summed E-state index contributed by atoms with van der Waals surface area (Å²) in [7, 11) is 0.301. The van der Waals surface area contributed by atoms with Gasteiger partial charge in [0.15, 0.2) is 9.84 Å². The second-order valence-electron chi connectivity index (χ2n) is 16.2. The zero-order valence-corrected chi connectivity index (χ0v) is 32.5. The van der Waals surface area contributed by atoms with Crippen molar-refractivity contribution in [3.63, 3.8) is 0 Å². The highest BCUT2D eigenvalue weighted by Crippen LogP contribution is 2.51. The first-order chi connectivity index (χ1) is 26.4. The molecule has 3 saturated heterocycles. The van der Waals surface area contributed by atoms with Gasteiger partial charge in [-0.2, -0.15) is 0 Å². The lowest BCUT2D eigenvalue weighted by Crippen LogP contribution is -2.56. The molecule has 7 rings (SSSR count). The number of benzene rings is 2. The topological polar surface area (TPSA) is 144 Å². The zero-order chi connectivity index (χ0) is 38.7. The van der Waals surface area contributed by atoms with E-state index in [9.17, 15) is 27.5 Å². The lowest BCUT2D eigenvalue weighted by atomic mass is 9.58. The first-order valence-corrected chi connectivity index (χ1v) is 21.0. The molecule has 4 heterocycles. The summed E-state index contributed by atoms with van der Waals surface area (Å²) in [6, 6.07) is 13.8. The number of anilines is 1. The average molecular weight is 777 g/mol. The fourth-order valence-electron chi connectivity index (χ4n) is 9.58. The molecule has 4 aliphatic rings. The maximum absolute atomic E-state index is 15.0. The van der Waals surface area contributed by atoms with Crippen molar-refractivity contribution in [2.75, 3.05) is 71.4 Å². The number of nitrogens with one attached hydrogen (secondary N) is 1. The van der Waals surface area contributed by atoms with Crippen molar-refractivity contribution >= 4 is 27.5 Å². The van der Waals surface area contributed by atoms with Gasteiger partial charge in [-0.1, -0.05) is 29.8 Å². The number of likely N-dealkylation sites (N-methyl/N-ethyl adjacent to an activating group) is 1. The molecule has 15 heteroatoms.